The Balaban J connectivity index is 1.76. The predicted molar refractivity (Wildman–Crippen MR) is 124 cm³/mol. The van der Waals surface area contributed by atoms with Crippen LogP contribution < -0.4 is 10.2 Å². The van der Waals surface area contributed by atoms with Gasteiger partial charge in [-0.3, -0.25) is 14.3 Å². The molecule has 1 saturated heterocycles. The fourth-order valence-electron chi connectivity index (χ4n) is 5.32. The van der Waals surface area contributed by atoms with E-state index in [1.807, 2.05) is 0 Å². The van der Waals surface area contributed by atoms with Crippen molar-refractivity contribution in [1.82, 2.24) is 14.7 Å². The van der Waals surface area contributed by atoms with Crippen molar-refractivity contribution in [3.63, 3.8) is 0 Å². The lowest BCUT2D eigenvalue weighted by molar-refractivity contribution is 0.0556. The Morgan fingerprint density at radius 2 is 1.92 bits per heavy atom. The number of benzene rings is 2. The van der Waals surface area contributed by atoms with E-state index in [1.54, 1.807) is 11.0 Å². The first kappa shape index (κ1) is 24.1. The Kier molecular flexibility index (Phi) is 6.53. The third-order valence-electron chi connectivity index (χ3n) is 6.81. The predicted octanol–water partition coefficient (Wildman–Crippen LogP) is 3.68. The molecule has 5 rings (SSSR count). The summed E-state index contributed by atoms with van der Waals surface area (Å²) in [6.07, 6.45) is 2.29. The average Bonchev–Trinajstić information content (AvgIpc) is 3.35. The number of carbonyl (C=O) groups excluding carboxylic acids is 1. The second-order valence-electron chi connectivity index (χ2n) is 8.85. The van der Waals surface area contributed by atoms with Gasteiger partial charge >= 0.3 is 0 Å². The van der Waals surface area contributed by atoms with Crippen molar-refractivity contribution in [2.45, 2.75) is 30.8 Å². The number of ether oxygens (including phenoxy) is 2. The molecule has 10 heteroatoms. The number of hydrogen-bond donors (Lipinski definition) is 0. The quantitative estimate of drug-likeness (QED) is 0.464. The first-order valence-corrected chi connectivity index (χ1v) is 11.7. The van der Waals surface area contributed by atoms with Gasteiger partial charge in [0, 0.05) is 25.1 Å². The van der Waals surface area contributed by atoms with Crippen LogP contribution in [0.2, 0.25) is 0 Å². The summed E-state index contributed by atoms with van der Waals surface area (Å²) in [4.78, 5) is 27.9. The van der Waals surface area contributed by atoms with Crippen LogP contribution in [-0.4, -0.2) is 53.5 Å². The standard InChI is InChI=1S/C26H24F3N3O4/c1-35-11-12-36-25-20(33)14-30-32-23(19-9-4-10-31(19)26(34)24(25)32)21(15-5-2-6-16(27)13-15)17-7-3-8-18(28)22(17)29/h2-3,5-8,13-14,19,21,23H,4,9-12H2,1H3/t19-,21-,23-/m1/s1. The SMILES string of the molecule is COCCOc1c2n(ncc1=O)[C@@H]([C@H](c1cccc(F)c1)c1cccc(F)c1F)[C@H]1CCCN1C2=O. The first-order valence-electron chi connectivity index (χ1n) is 11.7. The van der Waals surface area contributed by atoms with Gasteiger partial charge in [-0.25, -0.2) is 13.2 Å². The summed E-state index contributed by atoms with van der Waals surface area (Å²) >= 11 is 0. The third-order valence-corrected chi connectivity index (χ3v) is 6.81. The third kappa shape index (κ3) is 4.05. The second kappa shape index (κ2) is 9.77. The van der Waals surface area contributed by atoms with E-state index in [-0.39, 0.29) is 30.2 Å². The lowest BCUT2D eigenvalue weighted by Gasteiger charge is -2.42. The van der Waals surface area contributed by atoms with Crippen molar-refractivity contribution in [2.24, 2.45) is 0 Å². The van der Waals surface area contributed by atoms with E-state index in [2.05, 4.69) is 5.10 Å². The van der Waals surface area contributed by atoms with Gasteiger partial charge in [-0.2, -0.15) is 5.10 Å². The number of nitrogens with zero attached hydrogens (tertiary/aromatic N) is 3. The van der Waals surface area contributed by atoms with Crippen molar-refractivity contribution < 1.29 is 27.4 Å². The van der Waals surface area contributed by atoms with Gasteiger partial charge in [-0.1, -0.05) is 24.3 Å². The van der Waals surface area contributed by atoms with Crippen LogP contribution in [0, 0.1) is 17.5 Å². The Labute approximate surface area is 205 Å². The molecule has 3 atom stereocenters. The molecule has 1 fully saturated rings. The minimum Gasteiger partial charge on any atom is -0.485 e. The van der Waals surface area contributed by atoms with Gasteiger partial charge in [0.05, 0.1) is 24.9 Å². The molecule has 3 aromatic rings. The molecular formula is C26H24F3N3O4. The summed E-state index contributed by atoms with van der Waals surface area (Å²) in [5.74, 6) is -4.17. The van der Waals surface area contributed by atoms with Crippen LogP contribution in [0.25, 0.3) is 0 Å². The molecule has 2 aliphatic rings. The normalized spacial score (nSPS) is 19.7. The Bertz CT molecular complexity index is 1360. The van der Waals surface area contributed by atoms with Crippen LogP contribution in [0.4, 0.5) is 13.2 Å². The van der Waals surface area contributed by atoms with Gasteiger partial charge in [0.1, 0.15) is 12.4 Å². The fraction of sp³-hybridized carbons (Fsp3) is 0.346. The molecule has 2 aliphatic heterocycles. The van der Waals surface area contributed by atoms with Crippen LogP contribution >= 0.6 is 0 Å². The van der Waals surface area contributed by atoms with E-state index < -0.39 is 46.8 Å². The maximum Gasteiger partial charge on any atom is 0.276 e. The van der Waals surface area contributed by atoms with Crippen molar-refractivity contribution in [3.8, 4) is 5.75 Å². The van der Waals surface area contributed by atoms with E-state index >= 15 is 4.39 Å². The zero-order chi connectivity index (χ0) is 25.4. The average molecular weight is 499 g/mol. The largest absolute Gasteiger partial charge is 0.485 e. The monoisotopic (exact) mass is 499 g/mol. The number of fused-ring (bicyclic) bond motifs is 2. The summed E-state index contributed by atoms with van der Waals surface area (Å²) in [5.41, 5.74) is -0.264. The topological polar surface area (TPSA) is 73.7 Å². The van der Waals surface area contributed by atoms with Crippen molar-refractivity contribution in [1.29, 1.82) is 0 Å². The molecule has 0 N–H and O–H groups in total. The maximum absolute atomic E-state index is 15.3. The van der Waals surface area contributed by atoms with Crippen LogP contribution in [0.15, 0.2) is 53.5 Å². The highest BCUT2D eigenvalue weighted by molar-refractivity contribution is 5.96. The minimum absolute atomic E-state index is 0.0000929. The Hall–Kier alpha value is -3.66. The summed E-state index contributed by atoms with van der Waals surface area (Å²) in [6.45, 7) is 0.629. The van der Waals surface area contributed by atoms with E-state index in [0.29, 0.717) is 24.9 Å². The number of amides is 1. The van der Waals surface area contributed by atoms with Gasteiger partial charge in [-0.05, 0) is 36.6 Å². The molecule has 0 bridgehead atoms. The van der Waals surface area contributed by atoms with Crippen molar-refractivity contribution in [2.75, 3.05) is 26.9 Å². The molecule has 2 aromatic carbocycles. The van der Waals surface area contributed by atoms with Crippen molar-refractivity contribution in [3.05, 3.63) is 93.2 Å². The zero-order valence-electron chi connectivity index (χ0n) is 19.5. The van der Waals surface area contributed by atoms with Gasteiger partial charge in [0.15, 0.2) is 23.1 Å². The minimum atomic E-state index is -1.06. The lowest BCUT2D eigenvalue weighted by atomic mass is 9.79. The highest BCUT2D eigenvalue weighted by Gasteiger charge is 2.49. The lowest BCUT2D eigenvalue weighted by Crippen LogP contribution is -2.51. The molecule has 36 heavy (non-hydrogen) atoms. The molecule has 3 heterocycles. The summed E-state index contributed by atoms with van der Waals surface area (Å²) in [6, 6.07) is 8.30. The maximum atomic E-state index is 15.3. The molecule has 0 unspecified atom stereocenters. The van der Waals surface area contributed by atoms with E-state index in [1.165, 1.54) is 42.1 Å². The van der Waals surface area contributed by atoms with Gasteiger partial charge in [0.2, 0.25) is 5.43 Å². The Morgan fingerprint density at radius 1 is 1.11 bits per heavy atom. The second-order valence-corrected chi connectivity index (χ2v) is 8.85. The first-order chi connectivity index (χ1) is 17.4. The number of hydrogen-bond acceptors (Lipinski definition) is 5. The fourth-order valence-corrected chi connectivity index (χ4v) is 5.32. The molecule has 0 aliphatic carbocycles. The molecule has 188 valence electrons. The smallest absolute Gasteiger partial charge is 0.276 e. The Morgan fingerprint density at radius 3 is 2.69 bits per heavy atom. The number of methoxy groups -OCH3 is 1. The van der Waals surface area contributed by atoms with Crippen LogP contribution in [0.5, 0.6) is 5.75 Å². The molecule has 7 nitrogen and oxygen atoms in total. The number of aromatic nitrogens is 2. The van der Waals surface area contributed by atoms with Gasteiger partial charge < -0.3 is 14.4 Å². The van der Waals surface area contributed by atoms with E-state index in [9.17, 15) is 18.4 Å². The molecule has 0 spiro atoms. The van der Waals surface area contributed by atoms with Crippen LogP contribution in [-0.2, 0) is 4.74 Å². The molecular weight excluding hydrogens is 475 g/mol. The zero-order valence-corrected chi connectivity index (χ0v) is 19.5. The van der Waals surface area contributed by atoms with E-state index in [0.717, 1.165) is 12.3 Å². The molecule has 1 aromatic heterocycles. The van der Waals surface area contributed by atoms with Crippen LogP contribution in [0.3, 0.4) is 0 Å². The highest BCUT2D eigenvalue weighted by atomic mass is 19.2. The summed E-state index contributed by atoms with van der Waals surface area (Å²) in [5, 5.41) is 4.28. The van der Waals surface area contributed by atoms with Gasteiger partial charge in [0.25, 0.3) is 5.91 Å². The molecule has 1 amide bonds. The number of rotatable bonds is 7. The van der Waals surface area contributed by atoms with Gasteiger partial charge in [-0.15, -0.1) is 0 Å². The molecule has 0 radical (unpaired) electrons. The molecule has 0 saturated carbocycles. The summed E-state index contributed by atoms with van der Waals surface area (Å²) in [7, 11) is 1.48. The van der Waals surface area contributed by atoms with Crippen LogP contribution in [0.1, 0.15) is 46.4 Å². The highest BCUT2D eigenvalue weighted by Crippen LogP contribution is 2.46. The number of carbonyl (C=O) groups is 1. The summed E-state index contributed by atoms with van der Waals surface area (Å²) < 4.78 is 56.1. The van der Waals surface area contributed by atoms with Crippen molar-refractivity contribution >= 4 is 5.91 Å². The number of halogens is 3. The van der Waals surface area contributed by atoms with E-state index in [4.69, 9.17) is 9.47 Å².